The lowest BCUT2D eigenvalue weighted by molar-refractivity contribution is 1.25. The van der Waals surface area contributed by atoms with E-state index < -0.39 is 0 Å². The van der Waals surface area contributed by atoms with Crippen molar-refractivity contribution in [3.05, 3.63) is 40.9 Å². The highest BCUT2D eigenvalue weighted by Crippen LogP contribution is 2.22. The van der Waals surface area contributed by atoms with E-state index in [9.17, 15) is 4.79 Å². The first-order valence-corrected chi connectivity index (χ1v) is 4.78. The third-order valence-electron chi connectivity index (χ3n) is 2.53. The number of anilines is 1. The zero-order chi connectivity index (χ0) is 11.1. The zero-order valence-corrected chi connectivity index (χ0v) is 8.27. The van der Waals surface area contributed by atoms with Crippen LogP contribution in [0.3, 0.4) is 0 Å². The van der Waals surface area contributed by atoms with E-state index >= 15 is 0 Å². The number of hydrogen-bond donors (Lipinski definition) is 2. The smallest absolute Gasteiger partial charge is 0.257 e. The van der Waals surface area contributed by atoms with E-state index in [1.807, 2.05) is 6.07 Å². The minimum absolute atomic E-state index is 0.199. The first-order valence-electron chi connectivity index (χ1n) is 4.78. The Bertz CT molecular complexity index is 748. The summed E-state index contributed by atoms with van der Waals surface area (Å²) < 4.78 is 0. The molecule has 0 atom stereocenters. The van der Waals surface area contributed by atoms with E-state index in [2.05, 4.69) is 15.0 Å². The van der Waals surface area contributed by atoms with Crippen molar-refractivity contribution in [1.82, 2.24) is 15.0 Å². The Kier molecular flexibility index (Phi) is 1.67. The summed E-state index contributed by atoms with van der Waals surface area (Å²) in [6.07, 6.45) is 3.14. The van der Waals surface area contributed by atoms with Crippen LogP contribution >= 0.6 is 0 Å². The molecule has 78 valence electrons. The van der Waals surface area contributed by atoms with Gasteiger partial charge in [0, 0.05) is 23.2 Å². The highest BCUT2D eigenvalue weighted by atomic mass is 16.1. The predicted octanol–water partition coefficient (Wildman–Crippen LogP) is 1.05. The zero-order valence-electron chi connectivity index (χ0n) is 8.27. The van der Waals surface area contributed by atoms with Gasteiger partial charge in [-0.3, -0.25) is 4.79 Å². The molecule has 16 heavy (non-hydrogen) atoms. The molecule has 0 aliphatic rings. The summed E-state index contributed by atoms with van der Waals surface area (Å²) in [5, 5.41) is 2.00. The van der Waals surface area contributed by atoms with Crippen LogP contribution in [0.5, 0.6) is 0 Å². The van der Waals surface area contributed by atoms with Crippen LogP contribution in [-0.2, 0) is 0 Å². The third kappa shape index (κ3) is 1.08. The lowest BCUT2D eigenvalue weighted by Gasteiger charge is -2.03. The van der Waals surface area contributed by atoms with Gasteiger partial charge in [0.05, 0.1) is 5.39 Å². The second-order valence-electron chi connectivity index (χ2n) is 3.47. The Morgan fingerprint density at radius 1 is 1.12 bits per heavy atom. The molecule has 0 radical (unpaired) electrons. The van der Waals surface area contributed by atoms with Crippen LogP contribution < -0.4 is 11.3 Å². The highest BCUT2D eigenvalue weighted by molar-refractivity contribution is 6.09. The maximum Gasteiger partial charge on any atom is 0.257 e. The average Bonchev–Trinajstić information content (AvgIpc) is 2.30. The molecule has 0 spiro atoms. The summed E-state index contributed by atoms with van der Waals surface area (Å²) in [4.78, 5) is 22.6. The minimum atomic E-state index is -0.199. The predicted molar refractivity (Wildman–Crippen MR) is 62.1 cm³/mol. The Balaban J connectivity index is 2.73. The summed E-state index contributed by atoms with van der Waals surface area (Å²) in [5.41, 5.74) is 6.13. The summed E-state index contributed by atoms with van der Waals surface area (Å²) in [5.74, 6) is 0.349. The molecule has 3 rings (SSSR count). The molecule has 3 aromatic rings. The molecule has 0 fully saturated rings. The number of rotatable bonds is 0. The van der Waals surface area contributed by atoms with E-state index in [-0.39, 0.29) is 5.56 Å². The van der Waals surface area contributed by atoms with Crippen molar-refractivity contribution < 1.29 is 0 Å². The summed E-state index contributed by atoms with van der Waals surface area (Å²) >= 11 is 0. The maximum atomic E-state index is 11.8. The quantitative estimate of drug-likeness (QED) is 0.545. The molecule has 0 saturated heterocycles. The number of nitrogens with one attached hydrogen (secondary N) is 1. The van der Waals surface area contributed by atoms with E-state index in [1.54, 1.807) is 18.3 Å². The molecule has 5 heteroatoms. The van der Waals surface area contributed by atoms with Gasteiger partial charge in [-0.25, -0.2) is 9.97 Å². The number of aromatic amines is 1. The Morgan fingerprint density at radius 3 is 2.88 bits per heavy atom. The second kappa shape index (κ2) is 3.03. The van der Waals surface area contributed by atoms with Gasteiger partial charge in [-0.1, -0.05) is 0 Å². The van der Waals surface area contributed by atoms with Crippen LogP contribution in [0.1, 0.15) is 0 Å². The van der Waals surface area contributed by atoms with Gasteiger partial charge in [0.1, 0.15) is 11.5 Å². The summed E-state index contributed by atoms with van der Waals surface area (Å²) in [6, 6.07) is 5.31. The molecule has 5 nitrogen and oxygen atoms in total. The van der Waals surface area contributed by atoms with Crippen LogP contribution in [0.2, 0.25) is 0 Å². The van der Waals surface area contributed by atoms with E-state index in [4.69, 9.17) is 5.73 Å². The minimum Gasteiger partial charge on any atom is -0.383 e. The van der Waals surface area contributed by atoms with Crippen LogP contribution in [0.4, 0.5) is 5.82 Å². The topological polar surface area (TPSA) is 84.7 Å². The van der Waals surface area contributed by atoms with Crippen LogP contribution in [-0.4, -0.2) is 15.0 Å². The maximum absolute atomic E-state index is 11.8. The van der Waals surface area contributed by atoms with Crippen molar-refractivity contribution in [2.75, 3.05) is 5.73 Å². The Labute approximate surface area is 90.0 Å². The molecule has 0 aromatic carbocycles. The molecule has 0 aliphatic carbocycles. The molecule has 3 N–H and O–H groups in total. The van der Waals surface area contributed by atoms with Gasteiger partial charge in [-0.05, 0) is 18.2 Å². The standard InChI is InChI=1S/C11H8N4O/c12-9-8-6-2-1-4-14-10(6)15-11(16)7(8)3-5-13-9/h1-5H,(H2,12,13)(H,14,15,16). The fraction of sp³-hybridized carbons (Fsp3) is 0. The average molecular weight is 212 g/mol. The number of nitrogen functional groups attached to an aromatic ring is 1. The van der Waals surface area contributed by atoms with Crippen molar-refractivity contribution in [1.29, 1.82) is 0 Å². The van der Waals surface area contributed by atoms with Crippen LogP contribution in [0.25, 0.3) is 21.8 Å². The van der Waals surface area contributed by atoms with Crippen molar-refractivity contribution >= 4 is 27.6 Å². The van der Waals surface area contributed by atoms with Crippen LogP contribution in [0.15, 0.2) is 35.4 Å². The molecule has 0 aliphatic heterocycles. The number of pyridine rings is 3. The Hall–Kier alpha value is -2.43. The number of H-pyrrole nitrogens is 1. The molecule has 3 aromatic heterocycles. The first kappa shape index (κ1) is 8.84. The van der Waals surface area contributed by atoms with Gasteiger partial charge in [0.15, 0.2) is 0 Å². The van der Waals surface area contributed by atoms with E-state index in [0.717, 1.165) is 5.39 Å². The molecule has 0 saturated carbocycles. The fourth-order valence-corrected chi connectivity index (χ4v) is 1.83. The van der Waals surface area contributed by atoms with Gasteiger partial charge < -0.3 is 10.7 Å². The van der Waals surface area contributed by atoms with E-state index in [1.165, 1.54) is 6.20 Å². The molecule has 0 amide bonds. The summed E-state index contributed by atoms with van der Waals surface area (Å²) in [6.45, 7) is 0. The highest BCUT2D eigenvalue weighted by Gasteiger charge is 2.08. The number of nitrogens with two attached hydrogens (primary N) is 1. The molecular weight excluding hydrogens is 204 g/mol. The largest absolute Gasteiger partial charge is 0.383 e. The Morgan fingerprint density at radius 2 is 2.00 bits per heavy atom. The van der Waals surface area contributed by atoms with Crippen LogP contribution in [0, 0.1) is 0 Å². The number of aromatic nitrogens is 3. The SMILES string of the molecule is Nc1nccc2c(=O)[nH]c3ncccc3c12. The first-order chi connectivity index (χ1) is 7.77. The lowest BCUT2D eigenvalue weighted by atomic mass is 10.1. The van der Waals surface area contributed by atoms with Crippen molar-refractivity contribution in [3.8, 4) is 0 Å². The van der Waals surface area contributed by atoms with Gasteiger partial charge in [0.2, 0.25) is 0 Å². The second-order valence-corrected chi connectivity index (χ2v) is 3.47. The molecular formula is C11H8N4O. The molecule has 0 unspecified atom stereocenters. The monoisotopic (exact) mass is 212 g/mol. The van der Waals surface area contributed by atoms with E-state index in [0.29, 0.717) is 22.2 Å². The van der Waals surface area contributed by atoms with Gasteiger partial charge in [-0.2, -0.15) is 0 Å². The van der Waals surface area contributed by atoms with Crippen molar-refractivity contribution in [3.63, 3.8) is 0 Å². The molecule has 0 bridgehead atoms. The van der Waals surface area contributed by atoms with Gasteiger partial charge in [-0.15, -0.1) is 0 Å². The number of hydrogen-bond acceptors (Lipinski definition) is 4. The van der Waals surface area contributed by atoms with Gasteiger partial charge in [0.25, 0.3) is 5.56 Å². The number of nitrogens with zero attached hydrogens (tertiary/aromatic N) is 2. The normalized spacial score (nSPS) is 11.0. The number of fused-ring (bicyclic) bond motifs is 3. The summed E-state index contributed by atoms with van der Waals surface area (Å²) in [7, 11) is 0. The third-order valence-corrected chi connectivity index (χ3v) is 2.53. The fourth-order valence-electron chi connectivity index (χ4n) is 1.83. The van der Waals surface area contributed by atoms with Gasteiger partial charge >= 0.3 is 0 Å². The van der Waals surface area contributed by atoms with Crippen molar-refractivity contribution in [2.24, 2.45) is 0 Å². The lowest BCUT2D eigenvalue weighted by Crippen LogP contribution is -2.08. The molecule has 3 heterocycles. The van der Waals surface area contributed by atoms with Crippen molar-refractivity contribution in [2.45, 2.75) is 0 Å².